The van der Waals surface area contributed by atoms with Gasteiger partial charge in [0.2, 0.25) is 5.95 Å². The predicted octanol–water partition coefficient (Wildman–Crippen LogP) is 6.25. The summed E-state index contributed by atoms with van der Waals surface area (Å²) >= 11 is 0. The molecule has 7 nitrogen and oxygen atoms in total. The second kappa shape index (κ2) is 9.09. The molecular formula is C31H38N4O3. The van der Waals surface area contributed by atoms with Crippen LogP contribution in [0.3, 0.4) is 0 Å². The van der Waals surface area contributed by atoms with Crippen molar-refractivity contribution in [1.29, 1.82) is 0 Å². The number of carbonyl (C=O) groups is 2. The van der Waals surface area contributed by atoms with Gasteiger partial charge in [-0.2, -0.15) is 9.97 Å². The highest BCUT2D eigenvalue weighted by Gasteiger charge is 2.53. The van der Waals surface area contributed by atoms with Gasteiger partial charge in [-0.15, -0.1) is 0 Å². The molecule has 200 valence electrons. The summed E-state index contributed by atoms with van der Waals surface area (Å²) in [4.78, 5) is 42.0. The van der Waals surface area contributed by atoms with Crippen molar-refractivity contribution in [1.82, 2.24) is 15.0 Å². The first-order valence-electron chi connectivity index (χ1n) is 13.0. The Labute approximate surface area is 225 Å². The maximum atomic E-state index is 13.4. The lowest BCUT2D eigenvalue weighted by Crippen LogP contribution is -2.65. The van der Waals surface area contributed by atoms with E-state index in [4.69, 9.17) is 9.72 Å². The molecule has 0 N–H and O–H groups in total. The average molecular weight is 515 g/mol. The number of morpholine rings is 1. The number of hydrogen-bond donors (Lipinski definition) is 0. The van der Waals surface area contributed by atoms with Crippen molar-refractivity contribution in [3.05, 3.63) is 59.7 Å². The molecule has 38 heavy (non-hydrogen) atoms. The Bertz CT molecular complexity index is 1270. The quantitative estimate of drug-likeness (QED) is 0.384. The molecule has 1 saturated heterocycles. The number of aromatic nitrogens is 3. The van der Waals surface area contributed by atoms with E-state index >= 15 is 0 Å². The first-order valence-corrected chi connectivity index (χ1v) is 13.0. The van der Waals surface area contributed by atoms with Gasteiger partial charge >= 0.3 is 0 Å². The maximum absolute atomic E-state index is 13.4. The van der Waals surface area contributed by atoms with Crippen molar-refractivity contribution in [3.8, 4) is 22.8 Å². The molecule has 1 fully saturated rings. The van der Waals surface area contributed by atoms with Gasteiger partial charge in [0.05, 0.1) is 0 Å². The second-order valence-corrected chi connectivity index (χ2v) is 13.0. The minimum absolute atomic E-state index is 0.00738. The molecule has 0 saturated carbocycles. The number of imide groups is 1. The molecule has 1 aliphatic heterocycles. The number of carbonyl (C=O) groups excluding carboxylic acids is 2. The maximum Gasteiger partial charge on any atom is 0.268 e. The molecule has 1 aliphatic rings. The summed E-state index contributed by atoms with van der Waals surface area (Å²) in [7, 11) is 0. The van der Waals surface area contributed by atoms with Crippen LogP contribution in [0.5, 0.6) is 0 Å². The summed E-state index contributed by atoms with van der Waals surface area (Å²) < 4.78 is 5.85. The van der Waals surface area contributed by atoms with Gasteiger partial charge in [0, 0.05) is 11.1 Å². The fraction of sp³-hybridized carbons (Fsp3) is 0.452. The summed E-state index contributed by atoms with van der Waals surface area (Å²) in [6, 6.07) is 16.0. The van der Waals surface area contributed by atoms with Gasteiger partial charge in [-0.05, 0) is 49.7 Å². The lowest BCUT2D eigenvalue weighted by molar-refractivity contribution is -0.181. The first-order chi connectivity index (χ1) is 17.4. The monoisotopic (exact) mass is 514 g/mol. The van der Waals surface area contributed by atoms with Gasteiger partial charge < -0.3 is 4.74 Å². The SMILES string of the molecule is CC1(C)OC(C)(C)C(=O)N(c2nc(-c3ccc(C(C)(C)C)cc3)nc(-c3ccc(C(C)(C)C)cc3)n2)C1=O. The number of hydrogen-bond acceptors (Lipinski definition) is 6. The smallest absolute Gasteiger partial charge is 0.268 e. The van der Waals surface area contributed by atoms with E-state index in [2.05, 4.69) is 51.5 Å². The van der Waals surface area contributed by atoms with E-state index in [0.29, 0.717) is 11.6 Å². The Morgan fingerprint density at radius 1 is 0.605 bits per heavy atom. The molecule has 0 aliphatic carbocycles. The van der Waals surface area contributed by atoms with Gasteiger partial charge in [-0.3, -0.25) is 9.59 Å². The van der Waals surface area contributed by atoms with E-state index in [1.807, 2.05) is 48.5 Å². The topological polar surface area (TPSA) is 85.3 Å². The first kappa shape index (κ1) is 27.6. The normalized spacial score (nSPS) is 17.6. The van der Waals surface area contributed by atoms with E-state index in [9.17, 15) is 9.59 Å². The van der Waals surface area contributed by atoms with E-state index in [1.54, 1.807) is 27.7 Å². The van der Waals surface area contributed by atoms with Gasteiger partial charge in [0.1, 0.15) is 11.2 Å². The van der Waals surface area contributed by atoms with Crippen LogP contribution >= 0.6 is 0 Å². The van der Waals surface area contributed by atoms with Crippen molar-refractivity contribution >= 4 is 17.8 Å². The summed E-state index contributed by atoms with van der Waals surface area (Å²) in [5, 5.41) is 0. The molecule has 7 heteroatoms. The molecule has 1 aromatic heterocycles. The Balaban J connectivity index is 1.90. The highest BCUT2D eigenvalue weighted by Crippen LogP contribution is 2.34. The number of amides is 2. The average Bonchev–Trinajstić information content (AvgIpc) is 2.81. The Kier molecular flexibility index (Phi) is 6.59. The fourth-order valence-electron chi connectivity index (χ4n) is 4.50. The molecule has 0 bridgehead atoms. The second-order valence-electron chi connectivity index (χ2n) is 13.0. The molecule has 0 unspecified atom stereocenters. The lowest BCUT2D eigenvalue weighted by Gasteiger charge is -2.43. The molecule has 4 rings (SSSR count). The number of rotatable bonds is 3. The van der Waals surface area contributed by atoms with Crippen LogP contribution in [-0.4, -0.2) is 38.0 Å². The Morgan fingerprint density at radius 3 is 1.26 bits per heavy atom. The molecule has 2 heterocycles. The van der Waals surface area contributed by atoms with E-state index in [0.717, 1.165) is 16.0 Å². The summed E-state index contributed by atoms with van der Waals surface area (Å²) in [6.07, 6.45) is 0. The summed E-state index contributed by atoms with van der Waals surface area (Å²) in [5.41, 5.74) is 1.41. The van der Waals surface area contributed by atoms with Crippen molar-refractivity contribution in [2.24, 2.45) is 0 Å². The molecule has 2 aromatic carbocycles. The van der Waals surface area contributed by atoms with Crippen LogP contribution in [0.2, 0.25) is 0 Å². The standard InChI is InChI=1S/C31H38N4O3/c1-28(2,3)21-15-11-19(12-16-21)23-32-24(20-13-17-22(18-14-20)29(4,5)6)34-27(33-23)35-25(36)30(7,8)38-31(9,10)26(35)37/h11-18H,1-10H3. The summed E-state index contributed by atoms with van der Waals surface area (Å²) in [5.74, 6) is -0.280. The van der Waals surface area contributed by atoms with E-state index in [-0.39, 0.29) is 16.8 Å². The number of anilines is 1. The molecule has 0 radical (unpaired) electrons. The van der Waals surface area contributed by atoms with Crippen LogP contribution in [0.1, 0.15) is 80.4 Å². The third kappa shape index (κ3) is 5.25. The van der Waals surface area contributed by atoms with Crippen molar-refractivity contribution in [2.75, 3.05) is 4.90 Å². The van der Waals surface area contributed by atoms with Gasteiger partial charge in [-0.1, -0.05) is 90.1 Å². The molecule has 0 spiro atoms. The minimum atomic E-state index is -1.23. The zero-order valence-electron chi connectivity index (χ0n) is 24.1. The van der Waals surface area contributed by atoms with Crippen LogP contribution in [0.15, 0.2) is 48.5 Å². The zero-order valence-corrected chi connectivity index (χ0v) is 24.1. The molecule has 0 atom stereocenters. The fourth-order valence-corrected chi connectivity index (χ4v) is 4.50. The van der Waals surface area contributed by atoms with Crippen LogP contribution in [0, 0.1) is 0 Å². The molecule has 3 aromatic rings. The van der Waals surface area contributed by atoms with Crippen molar-refractivity contribution in [2.45, 2.75) is 91.3 Å². The van der Waals surface area contributed by atoms with Crippen LogP contribution in [-0.2, 0) is 25.2 Å². The number of nitrogens with zero attached hydrogens (tertiary/aromatic N) is 4. The number of ether oxygens (including phenoxy) is 1. The Morgan fingerprint density at radius 2 is 0.947 bits per heavy atom. The van der Waals surface area contributed by atoms with Crippen molar-refractivity contribution in [3.63, 3.8) is 0 Å². The highest BCUT2D eigenvalue weighted by atomic mass is 16.5. The van der Waals surface area contributed by atoms with E-state index < -0.39 is 23.0 Å². The van der Waals surface area contributed by atoms with E-state index in [1.165, 1.54) is 11.1 Å². The Hall–Kier alpha value is -3.45. The van der Waals surface area contributed by atoms with Gasteiger partial charge in [-0.25, -0.2) is 9.88 Å². The molecular weight excluding hydrogens is 476 g/mol. The van der Waals surface area contributed by atoms with Crippen LogP contribution < -0.4 is 4.90 Å². The van der Waals surface area contributed by atoms with Gasteiger partial charge in [0.15, 0.2) is 11.6 Å². The van der Waals surface area contributed by atoms with Crippen LogP contribution in [0.4, 0.5) is 5.95 Å². The third-order valence-corrected chi connectivity index (χ3v) is 6.79. The lowest BCUT2D eigenvalue weighted by atomic mass is 9.86. The highest BCUT2D eigenvalue weighted by molar-refractivity contribution is 6.20. The van der Waals surface area contributed by atoms with Gasteiger partial charge in [0.25, 0.3) is 11.8 Å². The minimum Gasteiger partial charge on any atom is -0.350 e. The van der Waals surface area contributed by atoms with Crippen LogP contribution in [0.25, 0.3) is 22.8 Å². The number of benzene rings is 2. The van der Waals surface area contributed by atoms with Crippen molar-refractivity contribution < 1.29 is 14.3 Å². The predicted molar refractivity (Wildman–Crippen MR) is 150 cm³/mol. The summed E-state index contributed by atoms with van der Waals surface area (Å²) in [6.45, 7) is 19.5. The third-order valence-electron chi connectivity index (χ3n) is 6.79. The molecule has 2 amide bonds. The largest absolute Gasteiger partial charge is 0.350 e. The zero-order chi connectivity index (χ0) is 28.3.